The van der Waals surface area contributed by atoms with Gasteiger partial charge in [0.05, 0.1) is 18.8 Å². The maximum atomic E-state index is 6.20. The molecule has 0 saturated carbocycles. The van der Waals surface area contributed by atoms with Crippen LogP contribution in [0.2, 0.25) is 0 Å². The van der Waals surface area contributed by atoms with Crippen LogP contribution in [0.5, 0.6) is 5.75 Å². The van der Waals surface area contributed by atoms with E-state index >= 15 is 0 Å². The second kappa shape index (κ2) is 7.96. The van der Waals surface area contributed by atoms with Crippen LogP contribution in [0.1, 0.15) is 18.1 Å². The number of likely N-dealkylation sites (N-methyl/N-ethyl adjacent to an activating group) is 2. The molecule has 5 heteroatoms. The topological polar surface area (TPSA) is 27.7 Å². The molecular weight excluding hydrogens is 342 g/mol. The van der Waals surface area contributed by atoms with E-state index in [0.717, 1.165) is 31.1 Å². The summed E-state index contributed by atoms with van der Waals surface area (Å²) in [4.78, 5) is 4.41. The zero-order valence-corrected chi connectivity index (χ0v) is 16.8. The molecule has 2 aromatic carbocycles. The third kappa shape index (κ3) is 4.28. The van der Waals surface area contributed by atoms with Crippen molar-refractivity contribution >= 4 is 28.7 Å². The molecule has 0 bridgehead atoms. The molecule has 4 nitrogen and oxygen atoms in total. The standard InChI is InChI=1S/C21H27N3OS/c1-5-24-14-18(25-20-9-7-6-8-19(20)24)13-23(4)21(26)22-17-11-15(2)10-16(3)12-17/h6-12,18H,5,13-14H2,1-4H3,(H,22,26)/t18-/m0/s1. The Morgan fingerprint density at radius 2 is 1.92 bits per heavy atom. The molecule has 0 fully saturated rings. The molecule has 0 spiro atoms. The number of hydrogen-bond acceptors (Lipinski definition) is 3. The number of hydrogen-bond donors (Lipinski definition) is 1. The van der Waals surface area contributed by atoms with Gasteiger partial charge in [-0.1, -0.05) is 18.2 Å². The summed E-state index contributed by atoms with van der Waals surface area (Å²) in [5.41, 5.74) is 4.65. The average molecular weight is 370 g/mol. The van der Waals surface area contributed by atoms with Crippen molar-refractivity contribution in [1.29, 1.82) is 0 Å². The molecule has 0 amide bonds. The van der Waals surface area contributed by atoms with Gasteiger partial charge in [-0.25, -0.2) is 0 Å². The number of aryl methyl sites for hydroxylation is 2. The highest BCUT2D eigenvalue weighted by atomic mass is 32.1. The summed E-state index contributed by atoms with van der Waals surface area (Å²) in [6, 6.07) is 14.6. The van der Waals surface area contributed by atoms with Gasteiger partial charge >= 0.3 is 0 Å². The van der Waals surface area contributed by atoms with E-state index in [1.54, 1.807) is 0 Å². The normalized spacial score (nSPS) is 15.8. The lowest BCUT2D eigenvalue weighted by Crippen LogP contribution is -2.47. The lowest BCUT2D eigenvalue weighted by molar-refractivity contribution is 0.169. The van der Waals surface area contributed by atoms with Crippen LogP contribution in [0.25, 0.3) is 0 Å². The fraction of sp³-hybridized carbons (Fsp3) is 0.381. The largest absolute Gasteiger partial charge is 0.485 e. The number of para-hydroxylation sites is 2. The van der Waals surface area contributed by atoms with Crippen molar-refractivity contribution in [2.45, 2.75) is 26.9 Å². The van der Waals surface area contributed by atoms with Gasteiger partial charge in [0.15, 0.2) is 5.11 Å². The van der Waals surface area contributed by atoms with Crippen LogP contribution in [0.3, 0.4) is 0 Å². The van der Waals surface area contributed by atoms with Crippen molar-refractivity contribution in [3.63, 3.8) is 0 Å². The molecule has 26 heavy (non-hydrogen) atoms. The Kier molecular flexibility index (Phi) is 5.67. The van der Waals surface area contributed by atoms with Crippen molar-refractivity contribution in [1.82, 2.24) is 4.90 Å². The quantitative estimate of drug-likeness (QED) is 0.815. The van der Waals surface area contributed by atoms with Gasteiger partial charge in [0.25, 0.3) is 0 Å². The Bertz CT molecular complexity index is 772. The van der Waals surface area contributed by atoms with Gasteiger partial charge < -0.3 is 19.9 Å². The Balaban J connectivity index is 1.64. The van der Waals surface area contributed by atoms with Crippen LogP contribution < -0.4 is 15.0 Å². The predicted octanol–water partition coefficient (Wildman–Crippen LogP) is 4.22. The molecule has 1 heterocycles. The third-order valence-electron chi connectivity index (χ3n) is 4.60. The predicted molar refractivity (Wildman–Crippen MR) is 114 cm³/mol. The Morgan fingerprint density at radius 3 is 2.62 bits per heavy atom. The first kappa shape index (κ1) is 18.5. The van der Waals surface area contributed by atoms with Crippen LogP contribution in [-0.4, -0.2) is 42.8 Å². The molecule has 0 unspecified atom stereocenters. The Labute approximate surface area is 161 Å². The lowest BCUT2D eigenvalue weighted by Gasteiger charge is -2.37. The van der Waals surface area contributed by atoms with Gasteiger partial charge in [0, 0.05) is 19.3 Å². The van der Waals surface area contributed by atoms with E-state index in [9.17, 15) is 0 Å². The number of nitrogens with zero attached hydrogens (tertiary/aromatic N) is 2. The van der Waals surface area contributed by atoms with Crippen LogP contribution in [0.15, 0.2) is 42.5 Å². The van der Waals surface area contributed by atoms with Crippen LogP contribution in [0.4, 0.5) is 11.4 Å². The van der Waals surface area contributed by atoms with E-state index < -0.39 is 0 Å². The summed E-state index contributed by atoms with van der Waals surface area (Å²) in [7, 11) is 2.01. The number of nitrogens with one attached hydrogen (secondary N) is 1. The number of anilines is 2. The Morgan fingerprint density at radius 1 is 1.23 bits per heavy atom. The SMILES string of the molecule is CCN1C[C@H](CN(C)C(=S)Nc2cc(C)cc(C)c2)Oc2ccccc21. The van der Waals surface area contributed by atoms with Crippen molar-refractivity contribution in [3.05, 3.63) is 53.6 Å². The first-order valence-electron chi connectivity index (χ1n) is 9.07. The number of rotatable bonds is 4. The summed E-state index contributed by atoms with van der Waals surface area (Å²) in [5, 5.41) is 4.05. The number of fused-ring (bicyclic) bond motifs is 1. The molecule has 0 aliphatic carbocycles. The maximum Gasteiger partial charge on any atom is 0.173 e. The average Bonchev–Trinajstić information content (AvgIpc) is 2.60. The van der Waals surface area contributed by atoms with E-state index in [1.807, 2.05) is 19.2 Å². The lowest BCUT2D eigenvalue weighted by atomic mass is 10.1. The van der Waals surface area contributed by atoms with Gasteiger partial charge in [-0.05, 0) is 68.4 Å². The van der Waals surface area contributed by atoms with Crippen molar-refractivity contribution in [2.24, 2.45) is 0 Å². The van der Waals surface area contributed by atoms with Crippen LogP contribution in [0, 0.1) is 13.8 Å². The first-order valence-corrected chi connectivity index (χ1v) is 9.48. The zero-order chi connectivity index (χ0) is 18.7. The van der Waals surface area contributed by atoms with E-state index in [1.165, 1.54) is 16.8 Å². The van der Waals surface area contributed by atoms with Gasteiger partial charge in [0.1, 0.15) is 11.9 Å². The van der Waals surface area contributed by atoms with Crippen molar-refractivity contribution < 1.29 is 4.74 Å². The summed E-state index contributed by atoms with van der Waals surface area (Å²) in [5.74, 6) is 0.951. The summed E-state index contributed by atoms with van der Waals surface area (Å²) >= 11 is 5.60. The zero-order valence-electron chi connectivity index (χ0n) is 16.0. The summed E-state index contributed by atoms with van der Waals surface area (Å²) < 4.78 is 6.20. The molecule has 1 aliphatic heterocycles. The fourth-order valence-corrected chi connectivity index (χ4v) is 3.62. The molecule has 1 atom stereocenters. The van der Waals surface area contributed by atoms with E-state index in [4.69, 9.17) is 17.0 Å². The van der Waals surface area contributed by atoms with E-state index in [0.29, 0.717) is 5.11 Å². The first-order chi connectivity index (χ1) is 12.5. The third-order valence-corrected chi connectivity index (χ3v) is 5.02. The van der Waals surface area contributed by atoms with E-state index in [-0.39, 0.29) is 6.10 Å². The molecule has 0 aromatic heterocycles. The molecule has 0 radical (unpaired) electrons. The molecular formula is C21H27N3OS. The minimum absolute atomic E-state index is 0.0776. The molecule has 3 rings (SSSR count). The minimum Gasteiger partial charge on any atom is -0.485 e. The van der Waals surface area contributed by atoms with Crippen LogP contribution >= 0.6 is 12.2 Å². The molecule has 1 aliphatic rings. The van der Waals surface area contributed by atoms with Gasteiger partial charge in [0.2, 0.25) is 0 Å². The highest BCUT2D eigenvalue weighted by molar-refractivity contribution is 7.80. The Hall–Kier alpha value is -2.27. The summed E-state index contributed by atoms with van der Waals surface area (Å²) in [6.07, 6.45) is 0.0776. The fourth-order valence-electron chi connectivity index (χ4n) is 3.43. The van der Waals surface area contributed by atoms with Crippen molar-refractivity contribution in [2.75, 3.05) is 36.9 Å². The second-order valence-electron chi connectivity index (χ2n) is 6.93. The highest BCUT2D eigenvalue weighted by Gasteiger charge is 2.26. The van der Waals surface area contributed by atoms with Crippen LogP contribution in [-0.2, 0) is 0 Å². The van der Waals surface area contributed by atoms with Gasteiger partial charge in [-0.3, -0.25) is 0 Å². The minimum atomic E-state index is 0.0776. The van der Waals surface area contributed by atoms with E-state index in [2.05, 4.69) is 66.2 Å². The number of benzene rings is 2. The van der Waals surface area contributed by atoms with Crippen molar-refractivity contribution in [3.8, 4) is 5.75 Å². The monoisotopic (exact) mass is 369 g/mol. The number of thiocarbonyl (C=S) groups is 1. The molecule has 2 aromatic rings. The number of ether oxygens (including phenoxy) is 1. The second-order valence-corrected chi connectivity index (χ2v) is 7.32. The maximum absolute atomic E-state index is 6.20. The summed E-state index contributed by atoms with van der Waals surface area (Å²) in [6.45, 7) is 8.93. The smallest absolute Gasteiger partial charge is 0.173 e. The van der Waals surface area contributed by atoms with Gasteiger partial charge in [-0.15, -0.1) is 0 Å². The molecule has 1 N–H and O–H groups in total. The molecule has 0 saturated heterocycles. The van der Waals surface area contributed by atoms with Gasteiger partial charge in [-0.2, -0.15) is 0 Å². The molecule has 138 valence electrons. The highest BCUT2D eigenvalue weighted by Crippen LogP contribution is 2.32.